The molecule has 3 amide bonds. The SMILES string of the molecule is C=CC[C@H]1C(=O)C(C)(C)[C@@H](O[Si](C)(C)C(C)(C)C)CC(=O)O[C@H](c2ccc3sc(C)nc3c2)C/C=C(/C)CCC[C@H](C)[C@@H]1OC(=O)NCCCCCN1C(=O)C=CC1=O. The minimum Gasteiger partial charge on any atom is -0.457 e. The van der Waals surface area contributed by atoms with Crippen molar-refractivity contribution in [3.8, 4) is 0 Å². The van der Waals surface area contributed by atoms with Gasteiger partial charge in [0.2, 0.25) is 0 Å². The summed E-state index contributed by atoms with van der Waals surface area (Å²) in [6.07, 6.45) is 8.44. The molecule has 3 heterocycles. The number of nitrogens with one attached hydrogen (secondary N) is 1. The van der Waals surface area contributed by atoms with Crippen LogP contribution in [0.5, 0.6) is 0 Å². The highest BCUT2D eigenvalue weighted by atomic mass is 32.1. The van der Waals surface area contributed by atoms with Gasteiger partial charge in [0.05, 0.1) is 33.7 Å². The highest BCUT2D eigenvalue weighted by Gasteiger charge is 2.50. The molecule has 0 aliphatic carbocycles. The molecule has 1 aromatic heterocycles. The van der Waals surface area contributed by atoms with Crippen molar-refractivity contribution in [2.45, 2.75) is 150 Å². The van der Waals surface area contributed by atoms with E-state index in [-0.39, 0.29) is 41.4 Å². The maximum Gasteiger partial charge on any atom is 0.407 e. The third kappa shape index (κ3) is 12.8. The largest absolute Gasteiger partial charge is 0.457 e. The van der Waals surface area contributed by atoms with Crippen molar-refractivity contribution < 1.29 is 37.9 Å². The summed E-state index contributed by atoms with van der Waals surface area (Å²) in [5.74, 6) is -2.16. The Balaban J connectivity index is 1.62. The Morgan fingerprint density at radius 1 is 1.10 bits per heavy atom. The second-order valence-corrected chi connectivity index (χ2v) is 24.4. The number of aryl methyl sites for hydroxylation is 1. The molecule has 59 heavy (non-hydrogen) atoms. The van der Waals surface area contributed by atoms with E-state index in [9.17, 15) is 19.2 Å². The Kier molecular flexibility index (Phi) is 16.6. The molecule has 324 valence electrons. The van der Waals surface area contributed by atoms with Crippen molar-refractivity contribution in [3.05, 3.63) is 65.2 Å². The van der Waals surface area contributed by atoms with Gasteiger partial charge in [-0.1, -0.05) is 65.3 Å². The summed E-state index contributed by atoms with van der Waals surface area (Å²) in [4.78, 5) is 72.5. The van der Waals surface area contributed by atoms with Gasteiger partial charge in [-0.2, -0.15) is 0 Å². The van der Waals surface area contributed by atoms with Crippen LogP contribution in [0.25, 0.3) is 10.2 Å². The molecule has 4 rings (SSSR count). The average molecular weight is 850 g/mol. The number of ether oxygens (including phenoxy) is 2. The molecule has 5 atom stereocenters. The summed E-state index contributed by atoms with van der Waals surface area (Å²) < 4.78 is 20.7. The lowest BCUT2D eigenvalue weighted by atomic mass is 9.71. The number of fused-ring (bicyclic) bond motifs is 1. The molecule has 2 aromatic rings. The van der Waals surface area contributed by atoms with Crippen LogP contribution in [0.1, 0.15) is 123 Å². The van der Waals surface area contributed by atoms with Crippen molar-refractivity contribution >= 4 is 59.5 Å². The maximum absolute atomic E-state index is 15.1. The molecule has 0 fully saturated rings. The van der Waals surface area contributed by atoms with Crippen molar-refractivity contribution in [1.29, 1.82) is 0 Å². The molecular weight excluding hydrogens is 783 g/mol. The third-order valence-electron chi connectivity index (χ3n) is 12.3. The lowest BCUT2D eigenvalue weighted by molar-refractivity contribution is -0.155. The number of alkyl carbamates (subject to hydrolysis) is 1. The Morgan fingerprint density at radius 2 is 1.80 bits per heavy atom. The van der Waals surface area contributed by atoms with E-state index in [0.29, 0.717) is 45.2 Å². The van der Waals surface area contributed by atoms with Crippen LogP contribution in [0.3, 0.4) is 0 Å². The summed E-state index contributed by atoms with van der Waals surface area (Å²) in [6.45, 7) is 25.0. The summed E-state index contributed by atoms with van der Waals surface area (Å²) in [6, 6.07) is 6.05. The molecule has 0 radical (unpaired) electrons. The molecule has 2 aliphatic heterocycles. The van der Waals surface area contributed by atoms with Crippen LogP contribution in [0.15, 0.2) is 54.7 Å². The van der Waals surface area contributed by atoms with Crippen LogP contribution >= 0.6 is 11.3 Å². The number of imide groups is 1. The number of hydrogen-bond donors (Lipinski definition) is 1. The number of carbonyl (C=O) groups is 5. The first-order chi connectivity index (χ1) is 27.6. The quantitative estimate of drug-likeness (QED) is 0.0726. The van der Waals surface area contributed by atoms with E-state index >= 15 is 4.79 Å². The van der Waals surface area contributed by atoms with Gasteiger partial charge in [0.15, 0.2) is 8.32 Å². The fourth-order valence-electron chi connectivity index (χ4n) is 7.50. The Labute approximate surface area is 356 Å². The van der Waals surface area contributed by atoms with Gasteiger partial charge in [0, 0.05) is 37.1 Å². The van der Waals surface area contributed by atoms with E-state index in [0.717, 1.165) is 39.2 Å². The zero-order valence-electron chi connectivity index (χ0n) is 37.0. The van der Waals surface area contributed by atoms with Gasteiger partial charge < -0.3 is 19.2 Å². The number of carbonyl (C=O) groups excluding carboxylic acids is 5. The lowest BCUT2D eigenvalue weighted by Crippen LogP contribution is -2.53. The number of benzene rings is 1. The average Bonchev–Trinajstić information content (AvgIpc) is 3.69. The summed E-state index contributed by atoms with van der Waals surface area (Å²) in [5, 5.41) is 3.62. The first-order valence-electron chi connectivity index (χ1n) is 21.2. The molecule has 0 spiro atoms. The zero-order valence-corrected chi connectivity index (χ0v) is 38.8. The molecule has 2 aliphatic rings. The van der Waals surface area contributed by atoms with Gasteiger partial charge in [-0.3, -0.25) is 24.1 Å². The second kappa shape index (κ2) is 20.5. The van der Waals surface area contributed by atoms with Crippen molar-refractivity contribution in [1.82, 2.24) is 15.2 Å². The van der Waals surface area contributed by atoms with E-state index in [2.05, 4.69) is 58.8 Å². The van der Waals surface area contributed by atoms with Gasteiger partial charge in [-0.25, -0.2) is 9.78 Å². The van der Waals surface area contributed by atoms with Gasteiger partial charge in [-0.15, -0.1) is 17.9 Å². The number of unbranched alkanes of at least 4 members (excludes halogenated alkanes) is 2. The fraction of sp³-hybridized carbons (Fsp3) is 0.609. The normalized spacial score (nSPS) is 24.8. The second-order valence-electron chi connectivity index (χ2n) is 18.4. The summed E-state index contributed by atoms with van der Waals surface area (Å²) in [7, 11) is -2.55. The zero-order chi connectivity index (χ0) is 43.7. The molecule has 13 heteroatoms. The number of esters is 1. The number of Topliss-reactive ketones (excluding diaryl/α,β-unsaturated/α-hetero) is 1. The maximum atomic E-state index is 15.1. The summed E-state index contributed by atoms with van der Waals surface area (Å²) >= 11 is 1.63. The van der Waals surface area contributed by atoms with Crippen molar-refractivity contribution in [2.75, 3.05) is 13.1 Å². The van der Waals surface area contributed by atoms with Crippen LogP contribution in [-0.2, 0) is 33.1 Å². The molecule has 0 saturated heterocycles. The minimum absolute atomic E-state index is 0.137. The predicted octanol–water partition coefficient (Wildman–Crippen LogP) is 10.1. The van der Waals surface area contributed by atoms with Gasteiger partial charge in [0.25, 0.3) is 11.8 Å². The predicted molar refractivity (Wildman–Crippen MR) is 236 cm³/mol. The van der Waals surface area contributed by atoms with Crippen LogP contribution in [0, 0.1) is 24.2 Å². The molecule has 1 N–H and O–H groups in total. The molecule has 11 nitrogen and oxygen atoms in total. The van der Waals surface area contributed by atoms with Crippen LogP contribution in [0.4, 0.5) is 4.79 Å². The molecular formula is C46H67N3O8SSi. The monoisotopic (exact) mass is 849 g/mol. The Morgan fingerprint density at radius 3 is 2.46 bits per heavy atom. The van der Waals surface area contributed by atoms with Crippen molar-refractivity contribution in [3.63, 3.8) is 0 Å². The van der Waals surface area contributed by atoms with Gasteiger partial charge >= 0.3 is 12.1 Å². The lowest BCUT2D eigenvalue weighted by Gasteiger charge is -2.45. The number of cyclic esters (lactones) is 1. The Bertz CT molecular complexity index is 1890. The molecule has 0 saturated carbocycles. The van der Waals surface area contributed by atoms with E-state index in [1.165, 1.54) is 17.1 Å². The molecule has 0 bridgehead atoms. The van der Waals surface area contributed by atoms with Gasteiger partial charge in [-0.05, 0) is 101 Å². The first kappa shape index (κ1) is 47.7. The van der Waals surface area contributed by atoms with E-state index in [1.54, 1.807) is 17.4 Å². The van der Waals surface area contributed by atoms with Gasteiger partial charge in [0.1, 0.15) is 18.0 Å². The fourth-order valence-corrected chi connectivity index (χ4v) is 9.75. The number of hydrogen-bond acceptors (Lipinski definition) is 10. The van der Waals surface area contributed by atoms with Crippen LogP contribution in [0.2, 0.25) is 18.1 Å². The minimum atomic E-state index is -2.55. The number of nitrogens with zero attached hydrogens (tertiary/aromatic N) is 2. The standard InChI is InChI=1S/C46H67N3O8SSi/c1-12-17-34-42(56-44(54)47-26-14-13-15-27-49-39(50)24-25-40(49)51)31(3)19-16-18-30(2)20-22-36(33-21-23-37-35(28-33)48-32(4)58-37)55-41(52)29-38(46(8,9)43(34)53)57-59(10,11)45(5,6)7/h12,20-21,23-25,28,31,34,36,38,42H,1,13-19,22,26-27,29H2,2-11H3,(H,47,54)/b30-20-/t31-,34+,36-,38-,42-/m0/s1. The number of thiazole rings is 1. The molecule has 0 unspecified atom stereocenters. The molecule has 1 aromatic carbocycles. The van der Waals surface area contributed by atoms with Crippen molar-refractivity contribution in [2.24, 2.45) is 17.3 Å². The number of ketones is 1. The first-order valence-corrected chi connectivity index (χ1v) is 24.9. The smallest absolute Gasteiger partial charge is 0.407 e. The topological polar surface area (TPSA) is 141 Å². The number of amides is 3. The summed E-state index contributed by atoms with van der Waals surface area (Å²) in [5.41, 5.74) is 1.70. The highest BCUT2D eigenvalue weighted by molar-refractivity contribution is 7.18. The van der Waals surface area contributed by atoms with E-state index in [4.69, 9.17) is 18.9 Å². The van der Waals surface area contributed by atoms with E-state index in [1.807, 2.05) is 45.9 Å². The third-order valence-corrected chi connectivity index (χ3v) is 17.7. The number of aromatic nitrogens is 1. The Hall–Kier alpha value is -3.94. The highest BCUT2D eigenvalue weighted by Crippen LogP contribution is 2.43. The number of rotatable bonds is 12. The van der Waals surface area contributed by atoms with E-state index < -0.39 is 50.0 Å². The van der Waals surface area contributed by atoms with Crippen LogP contribution < -0.4 is 5.32 Å². The number of allylic oxidation sites excluding steroid dienone is 2. The van der Waals surface area contributed by atoms with Crippen LogP contribution in [-0.4, -0.2) is 73.2 Å².